The van der Waals surface area contributed by atoms with Gasteiger partial charge in [0.1, 0.15) is 5.82 Å². The number of halogens is 1. The molecule has 0 spiro atoms. The Bertz CT molecular complexity index is 1180. The lowest BCUT2D eigenvalue weighted by molar-refractivity contribution is 0.580. The minimum atomic E-state index is -3.70. The number of rotatable bonds is 5. The van der Waals surface area contributed by atoms with E-state index in [1.54, 1.807) is 11.3 Å². The summed E-state index contributed by atoms with van der Waals surface area (Å²) < 4.78 is 42.2. The molecule has 0 fully saturated rings. The van der Waals surface area contributed by atoms with Gasteiger partial charge in [-0.25, -0.2) is 22.5 Å². The van der Waals surface area contributed by atoms with Gasteiger partial charge in [0.2, 0.25) is 10.0 Å². The quantitative estimate of drug-likeness (QED) is 0.550. The van der Waals surface area contributed by atoms with Crippen LogP contribution >= 0.6 is 11.3 Å². The highest BCUT2D eigenvalue weighted by molar-refractivity contribution is 7.89. The molecule has 0 aliphatic heterocycles. The molecule has 2 heterocycles. The van der Waals surface area contributed by atoms with Crippen molar-refractivity contribution in [2.45, 2.75) is 18.4 Å². The molecule has 1 N–H and O–H groups in total. The minimum Gasteiger partial charge on any atom is -0.297 e. The fourth-order valence-electron chi connectivity index (χ4n) is 2.77. The number of hydrogen-bond acceptors (Lipinski definition) is 4. The van der Waals surface area contributed by atoms with Crippen LogP contribution in [0.2, 0.25) is 0 Å². The van der Waals surface area contributed by atoms with Gasteiger partial charge in [0.15, 0.2) is 4.96 Å². The number of nitrogens with one attached hydrogen (secondary N) is 1. The highest BCUT2D eigenvalue weighted by Crippen LogP contribution is 2.24. The Labute approximate surface area is 160 Å². The molecular weight excluding hydrogens is 385 g/mol. The van der Waals surface area contributed by atoms with E-state index < -0.39 is 15.8 Å². The van der Waals surface area contributed by atoms with Crippen molar-refractivity contribution in [2.24, 2.45) is 0 Å². The van der Waals surface area contributed by atoms with Crippen molar-refractivity contribution >= 4 is 26.3 Å². The predicted octanol–water partition coefficient (Wildman–Crippen LogP) is 3.99. The molecule has 0 saturated heterocycles. The van der Waals surface area contributed by atoms with E-state index in [2.05, 4.69) is 9.71 Å². The van der Waals surface area contributed by atoms with Crippen molar-refractivity contribution in [3.05, 3.63) is 77.2 Å². The summed E-state index contributed by atoms with van der Waals surface area (Å²) in [6, 6.07) is 12.3. The summed E-state index contributed by atoms with van der Waals surface area (Å²) in [6.07, 6.45) is 3.98. The molecule has 0 amide bonds. The maximum absolute atomic E-state index is 13.0. The van der Waals surface area contributed by atoms with Gasteiger partial charge in [-0.15, -0.1) is 11.3 Å². The van der Waals surface area contributed by atoms with Gasteiger partial charge >= 0.3 is 0 Å². The molecular formula is C19H16FN3O2S2. The monoisotopic (exact) mass is 401 g/mol. The Morgan fingerprint density at radius 3 is 2.67 bits per heavy atom. The highest BCUT2D eigenvalue weighted by atomic mass is 32.2. The number of benzene rings is 2. The SMILES string of the molecule is Cc1cn2cc(-c3cccc(CNS(=O)(=O)c4ccc(F)cc4)c3)nc2s1. The molecule has 4 rings (SSSR count). The molecule has 8 heteroatoms. The third-order valence-corrected chi connectivity index (χ3v) is 6.41. The number of imidazole rings is 1. The Balaban J connectivity index is 1.54. The van der Waals surface area contributed by atoms with Crippen LogP contribution in [0.15, 0.2) is 65.8 Å². The summed E-state index contributed by atoms with van der Waals surface area (Å²) in [6.45, 7) is 2.17. The minimum absolute atomic E-state index is 0.0322. The number of hydrogen-bond donors (Lipinski definition) is 1. The maximum atomic E-state index is 13.0. The van der Waals surface area contributed by atoms with Crippen LogP contribution in [0.4, 0.5) is 4.39 Å². The van der Waals surface area contributed by atoms with Crippen LogP contribution in [-0.2, 0) is 16.6 Å². The number of aromatic nitrogens is 2. The molecule has 0 saturated carbocycles. The number of thiazole rings is 1. The first-order valence-corrected chi connectivity index (χ1v) is 10.5. The van der Waals surface area contributed by atoms with Crippen LogP contribution in [0.1, 0.15) is 10.4 Å². The molecule has 27 heavy (non-hydrogen) atoms. The largest absolute Gasteiger partial charge is 0.297 e. The second kappa shape index (κ2) is 6.88. The standard InChI is InChI=1S/C19H16FN3O2S2/c1-13-11-23-12-18(22-19(23)26-13)15-4-2-3-14(9-15)10-21-27(24,25)17-7-5-16(20)6-8-17/h2-9,11-12,21H,10H2,1H3. The summed E-state index contributed by atoms with van der Waals surface area (Å²) in [7, 11) is -3.70. The lowest BCUT2D eigenvalue weighted by atomic mass is 10.1. The Morgan fingerprint density at radius 1 is 1.15 bits per heavy atom. The van der Waals surface area contributed by atoms with Crippen LogP contribution in [0, 0.1) is 12.7 Å². The molecule has 138 valence electrons. The first-order valence-electron chi connectivity index (χ1n) is 8.20. The van der Waals surface area contributed by atoms with Gasteiger partial charge in [-0.2, -0.15) is 0 Å². The zero-order valence-electron chi connectivity index (χ0n) is 14.4. The molecule has 0 unspecified atom stereocenters. The summed E-state index contributed by atoms with van der Waals surface area (Å²) in [5.41, 5.74) is 2.57. The Kier molecular flexibility index (Phi) is 4.55. The average Bonchev–Trinajstić information content (AvgIpc) is 3.18. The lowest BCUT2D eigenvalue weighted by Crippen LogP contribution is -2.23. The van der Waals surface area contributed by atoms with Gasteiger partial charge in [0.25, 0.3) is 0 Å². The number of nitrogens with zero attached hydrogens (tertiary/aromatic N) is 2. The van der Waals surface area contributed by atoms with E-state index in [-0.39, 0.29) is 11.4 Å². The Hall–Kier alpha value is -2.55. The van der Waals surface area contributed by atoms with E-state index in [4.69, 9.17) is 0 Å². The van der Waals surface area contributed by atoms with Crippen molar-refractivity contribution in [1.29, 1.82) is 0 Å². The van der Waals surface area contributed by atoms with E-state index in [1.165, 1.54) is 17.0 Å². The fraction of sp³-hybridized carbons (Fsp3) is 0.105. The van der Waals surface area contributed by atoms with Gasteiger partial charge in [-0.05, 0) is 42.8 Å². The van der Waals surface area contributed by atoms with Crippen molar-refractivity contribution in [2.75, 3.05) is 0 Å². The molecule has 2 aromatic carbocycles. The highest BCUT2D eigenvalue weighted by Gasteiger charge is 2.14. The molecule has 0 atom stereocenters. The molecule has 0 aliphatic carbocycles. The van der Waals surface area contributed by atoms with E-state index in [9.17, 15) is 12.8 Å². The van der Waals surface area contributed by atoms with Crippen LogP contribution in [-0.4, -0.2) is 17.8 Å². The van der Waals surface area contributed by atoms with Gasteiger partial charge < -0.3 is 0 Å². The van der Waals surface area contributed by atoms with Crippen LogP contribution < -0.4 is 4.72 Å². The first kappa shape index (κ1) is 17.8. The van der Waals surface area contributed by atoms with E-state index in [0.717, 1.165) is 33.9 Å². The van der Waals surface area contributed by atoms with Crippen molar-refractivity contribution in [1.82, 2.24) is 14.1 Å². The molecule has 5 nitrogen and oxygen atoms in total. The molecule has 0 aliphatic rings. The molecule has 2 aromatic heterocycles. The summed E-state index contributed by atoms with van der Waals surface area (Å²) in [5, 5.41) is 0. The normalized spacial score (nSPS) is 11.9. The number of fused-ring (bicyclic) bond motifs is 1. The second-order valence-electron chi connectivity index (χ2n) is 6.14. The van der Waals surface area contributed by atoms with Gasteiger partial charge in [0.05, 0.1) is 10.6 Å². The maximum Gasteiger partial charge on any atom is 0.240 e. The third-order valence-electron chi connectivity index (χ3n) is 4.08. The predicted molar refractivity (Wildman–Crippen MR) is 104 cm³/mol. The van der Waals surface area contributed by atoms with Crippen molar-refractivity contribution < 1.29 is 12.8 Å². The zero-order chi connectivity index (χ0) is 19.0. The van der Waals surface area contributed by atoms with Gasteiger partial charge in [0, 0.05) is 29.4 Å². The summed E-state index contributed by atoms with van der Waals surface area (Å²) in [4.78, 5) is 6.76. The van der Waals surface area contributed by atoms with Crippen molar-refractivity contribution in [3.8, 4) is 11.3 Å². The van der Waals surface area contributed by atoms with E-state index in [0.29, 0.717) is 0 Å². The second-order valence-corrected chi connectivity index (χ2v) is 9.12. The van der Waals surface area contributed by atoms with E-state index >= 15 is 0 Å². The summed E-state index contributed by atoms with van der Waals surface area (Å²) >= 11 is 1.62. The topological polar surface area (TPSA) is 63.5 Å². The molecule has 0 bridgehead atoms. The fourth-order valence-corrected chi connectivity index (χ4v) is 4.59. The van der Waals surface area contributed by atoms with Gasteiger partial charge in [-0.1, -0.05) is 18.2 Å². The van der Waals surface area contributed by atoms with E-state index in [1.807, 2.05) is 48.0 Å². The van der Waals surface area contributed by atoms with Gasteiger partial charge in [-0.3, -0.25) is 4.40 Å². The third kappa shape index (κ3) is 3.78. The lowest BCUT2D eigenvalue weighted by Gasteiger charge is -2.08. The molecule has 0 radical (unpaired) electrons. The first-order chi connectivity index (χ1) is 12.9. The van der Waals surface area contributed by atoms with Crippen LogP contribution in [0.5, 0.6) is 0 Å². The molecule has 4 aromatic rings. The summed E-state index contributed by atoms with van der Waals surface area (Å²) in [5.74, 6) is -0.475. The van der Waals surface area contributed by atoms with Crippen molar-refractivity contribution in [3.63, 3.8) is 0 Å². The smallest absolute Gasteiger partial charge is 0.240 e. The van der Waals surface area contributed by atoms with Crippen LogP contribution in [0.25, 0.3) is 16.2 Å². The Morgan fingerprint density at radius 2 is 1.93 bits per heavy atom. The average molecular weight is 401 g/mol. The van der Waals surface area contributed by atoms with Crippen LogP contribution in [0.3, 0.4) is 0 Å². The zero-order valence-corrected chi connectivity index (χ0v) is 16.0. The number of sulfonamides is 1. The number of aryl methyl sites for hydroxylation is 1.